The molecule has 142 valence electrons. The lowest BCUT2D eigenvalue weighted by molar-refractivity contribution is 0.177. The van der Waals surface area contributed by atoms with Crippen LogP contribution in [-0.2, 0) is 13.0 Å². The maximum absolute atomic E-state index is 6.42. The summed E-state index contributed by atoms with van der Waals surface area (Å²) in [5.41, 5.74) is 1.81. The Morgan fingerprint density at radius 3 is 2.48 bits per heavy atom. The number of halogens is 3. The van der Waals surface area contributed by atoms with Crippen LogP contribution in [0.15, 0.2) is 48.7 Å². The zero-order chi connectivity index (χ0) is 19.2. The minimum absolute atomic E-state index is 0.350. The molecule has 7 heteroatoms. The highest BCUT2D eigenvalue weighted by atomic mass is 35.5. The number of aromatic nitrogens is 3. The summed E-state index contributed by atoms with van der Waals surface area (Å²) in [4.78, 5) is 0. The molecule has 0 aliphatic carbocycles. The fourth-order valence-electron chi connectivity index (χ4n) is 2.71. The molecule has 4 nitrogen and oxygen atoms in total. The van der Waals surface area contributed by atoms with E-state index in [9.17, 15) is 0 Å². The summed E-state index contributed by atoms with van der Waals surface area (Å²) in [6.07, 6.45) is 4.73. The van der Waals surface area contributed by atoms with Crippen molar-refractivity contribution in [3.63, 3.8) is 0 Å². The maximum Gasteiger partial charge on any atom is 0.145 e. The molecule has 0 saturated carbocycles. The number of rotatable bonds is 8. The number of nitrogens with zero attached hydrogens (tertiary/aromatic N) is 3. The van der Waals surface area contributed by atoms with Crippen molar-refractivity contribution >= 4 is 34.8 Å². The van der Waals surface area contributed by atoms with E-state index in [0.29, 0.717) is 27.4 Å². The first kappa shape index (κ1) is 20.0. The third-order valence-corrected chi connectivity index (χ3v) is 4.94. The first-order valence-electron chi connectivity index (χ1n) is 8.81. The molecule has 0 amide bonds. The van der Waals surface area contributed by atoms with Gasteiger partial charge in [-0.15, -0.1) is 5.10 Å². The summed E-state index contributed by atoms with van der Waals surface area (Å²) in [6.45, 7) is 2.63. The first-order chi connectivity index (χ1) is 13.0. The Morgan fingerprint density at radius 2 is 1.78 bits per heavy atom. The molecule has 1 atom stereocenters. The SMILES string of the molecule is CCCCc1cn(CC(Oc2ccc(Cl)cc2)c2ccc(Cl)cc2Cl)nn1. The van der Waals surface area contributed by atoms with Gasteiger partial charge in [0.1, 0.15) is 11.9 Å². The van der Waals surface area contributed by atoms with Crippen LogP contribution < -0.4 is 4.74 Å². The van der Waals surface area contributed by atoms with Gasteiger partial charge in [0, 0.05) is 26.8 Å². The Morgan fingerprint density at radius 1 is 1.04 bits per heavy atom. The number of benzene rings is 2. The van der Waals surface area contributed by atoms with Gasteiger partial charge in [0.2, 0.25) is 0 Å². The van der Waals surface area contributed by atoms with E-state index in [-0.39, 0.29) is 6.10 Å². The molecule has 0 spiro atoms. The lowest BCUT2D eigenvalue weighted by atomic mass is 10.1. The summed E-state index contributed by atoms with van der Waals surface area (Å²) in [6, 6.07) is 12.6. The van der Waals surface area contributed by atoms with Crippen LogP contribution in [0, 0.1) is 0 Å². The molecule has 1 unspecified atom stereocenters. The third kappa shape index (κ3) is 5.61. The largest absolute Gasteiger partial charge is 0.484 e. The van der Waals surface area contributed by atoms with E-state index >= 15 is 0 Å². The van der Waals surface area contributed by atoms with Crippen LogP contribution in [0.3, 0.4) is 0 Å². The molecule has 0 bridgehead atoms. The van der Waals surface area contributed by atoms with Gasteiger partial charge in [-0.05, 0) is 49.2 Å². The summed E-state index contributed by atoms with van der Waals surface area (Å²) < 4.78 is 7.98. The van der Waals surface area contributed by atoms with Gasteiger partial charge < -0.3 is 4.74 Å². The number of aryl methyl sites for hydroxylation is 1. The van der Waals surface area contributed by atoms with Crippen molar-refractivity contribution < 1.29 is 4.74 Å². The Hall–Kier alpha value is -1.75. The first-order valence-corrected chi connectivity index (χ1v) is 9.94. The Kier molecular flexibility index (Phi) is 7.00. The van der Waals surface area contributed by atoms with Crippen molar-refractivity contribution in [2.45, 2.75) is 38.8 Å². The Bertz CT molecular complexity index is 880. The van der Waals surface area contributed by atoms with Crippen molar-refractivity contribution in [2.75, 3.05) is 0 Å². The molecule has 1 aromatic heterocycles. The molecule has 27 heavy (non-hydrogen) atoms. The van der Waals surface area contributed by atoms with Gasteiger partial charge >= 0.3 is 0 Å². The zero-order valence-corrected chi connectivity index (χ0v) is 17.2. The molecular formula is C20H20Cl3N3O. The van der Waals surface area contributed by atoms with Crippen molar-refractivity contribution in [1.82, 2.24) is 15.0 Å². The van der Waals surface area contributed by atoms with Crippen molar-refractivity contribution in [3.05, 3.63) is 75.0 Å². The second kappa shape index (κ2) is 9.45. The second-order valence-electron chi connectivity index (χ2n) is 6.26. The lowest BCUT2D eigenvalue weighted by Gasteiger charge is -2.21. The van der Waals surface area contributed by atoms with E-state index < -0.39 is 0 Å². The van der Waals surface area contributed by atoms with E-state index in [4.69, 9.17) is 39.5 Å². The third-order valence-electron chi connectivity index (χ3n) is 4.13. The minimum atomic E-state index is -0.350. The van der Waals surface area contributed by atoms with Crippen LogP contribution in [0.4, 0.5) is 0 Å². The molecule has 0 radical (unpaired) electrons. The van der Waals surface area contributed by atoms with E-state index in [1.807, 2.05) is 24.4 Å². The van der Waals surface area contributed by atoms with Crippen molar-refractivity contribution in [2.24, 2.45) is 0 Å². The molecule has 2 aromatic carbocycles. The molecule has 0 aliphatic rings. The average molecular weight is 425 g/mol. The Labute approximate surface area is 174 Å². The summed E-state index contributed by atoms with van der Waals surface area (Å²) in [5.74, 6) is 0.696. The predicted octanol–water partition coefficient (Wildman–Crippen LogP) is 6.40. The topological polar surface area (TPSA) is 39.9 Å². The second-order valence-corrected chi connectivity index (χ2v) is 7.54. The zero-order valence-electron chi connectivity index (χ0n) is 14.9. The molecule has 0 saturated heterocycles. The standard InChI is InChI=1S/C20H20Cl3N3O/c1-2-3-4-16-12-26(25-24-16)13-20(18-10-7-15(22)11-19(18)23)27-17-8-5-14(21)6-9-17/h5-12,20H,2-4,13H2,1H3. The van der Waals surface area contributed by atoms with Crippen molar-refractivity contribution in [1.29, 1.82) is 0 Å². The molecule has 0 N–H and O–H groups in total. The molecule has 3 rings (SSSR count). The van der Waals surface area contributed by atoms with Crippen LogP contribution in [0.25, 0.3) is 0 Å². The number of ether oxygens (including phenoxy) is 1. The fourth-order valence-corrected chi connectivity index (χ4v) is 3.37. The number of hydrogen-bond donors (Lipinski definition) is 0. The lowest BCUT2D eigenvalue weighted by Crippen LogP contribution is -2.16. The van der Waals surface area contributed by atoms with Crippen LogP contribution in [0.5, 0.6) is 5.75 Å². The monoisotopic (exact) mass is 423 g/mol. The van der Waals surface area contributed by atoms with Crippen LogP contribution in [0.1, 0.15) is 37.1 Å². The van der Waals surface area contributed by atoms with Gasteiger partial charge in [-0.25, -0.2) is 4.68 Å². The predicted molar refractivity (Wildman–Crippen MR) is 110 cm³/mol. The van der Waals surface area contributed by atoms with Gasteiger partial charge in [-0.1, -0.05) is 59.4 Å². The highest BCUT2D eigenvalue weighted by Crippen LogP contribution is 2.31. The molecular weight excluding hydrogens is 405 g/mol. The van der Waals surface area contributed by atoms with Gasteiger partial charge in [0.25, 0.3) is 0 Å². The average Bonchev–Trinajstić information content (AvgIpc) is 3.09. The molecule has 0 fully saturated rings. The molecule has 3 aromatic rings. The van der Waals surface area contributed by atoms with E-state index in [1.54, 1.807) is 28.9 Å². The summed E-state index contributed by atoms with van der Waals surface area (Å²) in [5, 5.41) is 10.3. The minimum Gasteiger partial charge on any atom is -0.484 e. The van der Waals surface area contributed by atoms with Crippen molar-refractivity contribution in [3.8, 4) is 5.75 Å². The van der Waals surface area contributed by atoms with Gasteiger partial charge in [0.05, 0.1) is 12.2 Å². The van der Waals surface area contributed by atoms with Crippen LogP contribution in [0.2, 0.25) is 15.1 Å². The van der Waals surface area contributed by atoms with Gasteiger partial charge in [0.15, 0.2) is 0 Å². The highest BCUT2D eigenvalue weighted by Gasteiger charge is 2.19. The quantitative estimate of drug-likeness (QED) is 0.420. The summed E-state index contributed by atoms with van der Waals surface area (Å²) >= 11 is 18.4. The number of hydrogen-bond acceptors (Lipinski definition) is 3. The smallest absolute Gasteiger partial charge is 0.145 e. The van der Waals surface area contributed by atoms with E-state index in [1.165, 1.54) is 0 Å². The summed E-state index contributed by atoms with van der Waals surface area (Å²) in [7, 11) is 0. The Balaban J connectivity index is 1.84. The fraction of sp³-hybridized carbons (Fsp3) is 0.300. The normalized spacial score (nSPS) is 12.1. The van der Waals surface area contributed by atoms with E-state index in [2.05, 4.69) is 17.2 Å². The highest BCUT2D eigenvalue weighted by molar-refractivity contribution is 6.35. The van der Waals surface area contributed by atoms with Gasteiger partial charge in [-0.2, -0.15) is 0 Å². The number of unbranched alkanes of at least 4 members (excludes halogenated alkanes) is 1. The van der Waals surface area contributed by atoms with Crippen LogP contribution in [-0.4, -0.2) is 15.0 Å². The molecule has 0 aliphatic heterocycles. The van der Waals surface area contributed by atoms with Gasteiger partial charge in [-0.3, -0.25) is 0 Å². The maximum atomic E-state index is 6.42. The van der Waals surface area contributed by atoms with Crippen LogP contribution >= 0.6 is 34.8 Å². The van der Waals surface area contributed by atoms with E-state index in [0.717, 1.165) is 30.5 Å². The molecule has 1 heterocycles.